The minimum Gasteiger partial charge on any atom is -0.349 e. The molecule has 0 saturated carbocycles. The molecule has 0 aromatic heterocycles. The molecule has 1 rings (SSSR count). The molecule has 3 heteroatoms. The summed E-state index contributed by atoms with van der Waals surface area (Å²) in [6, 6.07) is 0. The van der Waals surface area contributed by atoms with E-state index in [1.807, 2.05) is 0 Å². The summed E-state index contributed by atoms with van der Waals surface area (Å²) in [5.74, 6) is 0.00779. The summed E-state index contributed by atoms with van der Waals surface area (Å²) in [6.45, 7) is 3.00. The molecule has 0 N–H and O–H groups in total. The number of carbonyl (C=O) groups excluding carboxylic acids is 1. The maximum absolute atomic E-state index is 10.7. The minimum absolute atomic E-state index is 0.00779. The first-order valence-corrected chi connectivity index (χ1v) is 4.77. The van der Waals surface area contributed by atoms with Crippen molar-refractivity contribution in [2.45, 2.75) is 32.5 Å². The van der Waals surface area contributed by atoms with Crippen molar-refractivity contribution in [2.24, 2.45) is 0 Å². The Balaban J connectivity index is 2.09. The summed E-state index contributed by atoms with van der Waals surface area (Å²) in [6.07, 6.45) is 6.29. The molecule has 1 atom stereocenters. The topological polar surface area (TPSA) is 35.5 Å². The van der Waals surface area contributed by atoms with E-state index in [1.54, 1.807) is 6.08 Å². The Morgan fingerprint density at radius 2 is 2.46 bits per heavy atom. The maximum atomic E-state index is 10.7. The van der Waals surface area contributed by atoms with Crippen molar-refractivity contribution in [3.8, 4) is 0 Å². The van der Waals surface area contributed by atoms with Gasteiger partial charge in [0.25, 0.3) is 0 Å². The minimum atomic E-state index is -0.311. The molecule has 0 bridgehead atoms. The number of ketones is 1. The van der Waals surface area contributed by atoms with Crippen LogP contribution in [0.2, 0.25) is 0 Å². The molecule has 0 aromatic rings. The Kier molecular flexibility index (Phi) is 4.72. The number of rotatable bonds is 5. The molecule has 0 fully saturated rings. The van der Waals surface area contributed by atoms with Crippen LogP contribution < -0.4 is 0 Å². The van der Waals surface area contributed by atoms with Crippen LogP contribution >= 0.6 is 0 Å². The van der Waals surface area contributed by atoms with Crippen LogP contribution in [0.5, 0.6) is 0 Å². The summed E-state index contributed by atoms with van der Waals surface area (Å²) in [4.78, 5) is 10.7. The van der Waals surface area contributed by atoms with Gasteiger partial charge in [-0.25, -0.2) is 0 Å². The molecular formula is C10H16O3. The van der Waals surface area contributed by atoms with Gasteiger partial charge < -0.3 is 9.47 Å². The lowest BCUT2D eigenvalue weighted by atomic mass is 10.3. The first kappa shape index (κ1) is 10.4. The smallest absolute Gasteiger partial charge is 0.181 e. The van der Waals surface area contributed by atoms with E-state index in [0.29, 0.717) is 6.61 Å². The highest BCUT2D eigenvalue weighted by Gasteiger charge is 2.12. The van der Waals surface area contributed by atoms with E-state index in [9.17, 15) is 4.79 Å². The average molecular weight is 184 g/mol. The van der Waals surface area contributed by atoms with E-state index in [4.69, 9.17) is 9.47 Å². The second kappa shape index (κ2) is 5.89. The van der Waals surface area contributed by atoms with Gasteiger partial charge in [-0.15, -0.1) is 0 Å². The predicted octanol–water partition coefficient (Wildman–Crippen LogP) is 1.67. The van der Waals surface area contributed by atoms with Crippen molar-refractivity contribution in [1.82, 2.24) is 0 Å². The molecular weight excluding hydrogens is 168 g/mol. The molecule has 74 valence electrons. The van der Waals surface area contributed by atoms with Crippen molar-refractivity contribution >= 4 is 5.78 Å². The van der Waals surface area contributed by atoms with E-state index in [1.165, 1.54) is 18.9 Å². The normalized spacial score (nSPS) is 22.2. The molecule has 3 nitrogen and oxygen atoms in total. The van der Waals surface area contributed by atoms with Crippen LogP contribution in [0.4, 0.5) is 0 Å². The van der Waals surface area contributed by atoms with E-state index in [-0.39, 0.29) is 18.7 Å². The number of ether oxygens (including phenoxy) is 2. The summed E-state index contributed by atoms with van der Waals surface area (Å²) in [5.41, 5.74) is 0. The molecule has 0 aromatic carbocycles. The molecule has 0 radical (unpaired) electrons. The first-order chi connectivity index (χ1) is 6.33. The third kappa shape index (κ3) is 4.20. The predicted molar refractivity (Wildman–Crippen MR) is 49.4 cm³/mol. The lowest BCUT2D eigenvalue weighted by Crippen LogP contribution is -2.23. The SMILES string of the molecule is CCCCCOC1C=CC(=O)CO1. The van der Waals surface area contributed by atoms with Gasteiger partial charge in [-0.05, 0) is 18.6 Å². The van der Waals surface area contributed by atoms with Gasteiger partial charge in [-0.3, -0.25) is 4.79 Å². The highest BCUT2D eigenvalue weighted by molar-refractivity contribution is 5.91. The molecule has 0 amide bonds. The van der Waals surface area contributed by atoms with Gasteiger partial charge in [-0.1, -0.05) is 19.8 Å². The van der Waals surface area contributed by atoms with Crippen LogP contribution in [0.15, 0.2) is 12.2 Å². The highest BCUT2D eigenvalue weighted by Crippen LogP contribution is 2.05. The van der Waals surface area contributed by atoms with Gasteiger partial charge in [0.05, 0.1) is 6.61 Å². The van der Waals surface area contributed by atoms with Crippen molar-refractivity contribution < 1.29 is 14.3 Å². The quantitative estimate of drug-likeness (QED) is 0.610. The zero-order valence-electron chi connectivity index (χ0n) is 7.99. The first-order valence-electron chi connectivity index (χ1n) is 4.77. The fraction of sp³-hybridized carbons (Fsp3) is 0.700. The molecule has 0 saturated heterocycles. The van der Waals surface area contributed by atoms with Crippen LogP contribution in [0.1, 0.15) is 26.2 Å². The van der Waals surface area contributed by atoms with Crippen molar-refractivity contribution in [3.05, 3.63) is 12.2 Å². The lowest BCUT2D eigenvalue weighted by Gasteiger charge is -2.17. The third-order valence-electron chi connectivity index (χ3n) is 1.86. The standard InChI is InChI=1S/C10H16O3/c1-2-3-4-7-12-10-6-5-9(11)8-13-10/h5-6,10H,2-4,7-8H2,1H3. The fourth-order valence-corrected chi connectivity index (χ4v) is 1.11. The second-order valence-electron chi connectivity index (χ2n) is 3.08. The fourth-order valence-electron chi connectivity index (χ4n) is 1.11. The molecule has 1 heterocycles. The third-order valence-corrected chi connectivity index (χ3v) is 1.86. The molecule has 0 aliphatic carbocycles. The van der Waals surface area contributed by atoms with Gasteiger partial charge in [0.2, 0.25) is 0 Å². The monoisotopic (exact) mass is 184 g/mol. The molecule has 1 aliphatic heterocycles. The summed E-state index contributed by atoms with van der Waals surface area (Å²) >= 11 is 0. The number of unbranched alkanes of at least 4 members (excludes halogenated alkanes) is 2. The second-order valence-corrected chi connectivity index (χ2v) is 3.08. The van der Waals surface area contributed by atoms with Gasteiger partial charge in [-0.2, -0.15) is 0 Å². The van der Waals surface area contributed by atoms with Crippen LogP contribution in [0, 0.1) is 0 Å². The van der Waals surface area contributed by atoms with E-state index < -0.39 is 0 Å². The highest BCUT2D eigenvalue weighted by atomic mass is 16.7. The molecule has 13 heavy (non-hydrogen) atoms. The largest absolute Gasteiger partial charge is 0.349 e. The van der Waals surface area contributed by atoms with Crippen molar-refractivity contribution in [2.75, 3.05) is 13.2 Å². The summed E-state index contributed by atoms with van der Waals surface area (Å²) in [7, 11) is 0. The molecule has 1 aliphatic rings. The van der Waals surface area contributed by atoms with Gasteiger partial charge in [0.15, 0.2) is 12.1 Å². The Morgan fingerprint density at radius 3 is 3.08 bits per heavy atom. The van der Waals surface area contributed by atoms with Crippen LogP contribution in [0.25, 0.3) is 0 Å². The van der Waals surface area contributed by atoms with Crippen molar-refractivity contribution in [1.29, 1.82) is 0 Å². The van der Waals surface area contributed by atoms with E-state index in [0.717, 1.165) is 6.42 Å². The summed E-state index contributed by atoms with van der Waals surface area (Å²) in [5, 5.41) is 0. The van der Waals surface area contributed by atoms with Gasteiger partial charge in [0.1, 0.15) is 6.61 Å². The maximum Gasteiger partial charge on any atom is 0.181 e. The van der Waals surface area contributed by atoms with Crippen LogP contribution in [0.3, 0.4) is 0 Å². The van der Waals surface area contributed by atoms with Crippen molar-refractivity contribution in [3.63, 3.8) is 0 Å². The molecule has 1 unspecified atom stereocenters. The Bertz CT molecular complexity index is 187. The Morgan fingerprint density at radius 1 is 1.62 bits per heavy atom. The number of hydrogen-bond donors (Lipinski definition) is 0. The van der Waals surface area contributed by atoms with Gasteiger partial charge >= 0.3 is 0 Å². The Hall–Kier alpha value is -0.670. The Labute approximate surface area is 78.7 Å². The van der Waals surface area contributed by atoms with Gasteiger partial charge in [0, 0.05) is 0 Å². The van der Waals surface area contributed by atoms with E-state index >= 15 is 0 Å². The lowest BCUT2D eigenvalue weighted by molar-refractivity contribution is -0.142. The average Bonchev–Trinajstić information content (AvgIpc) is 2.15. The van der Waals surface area contributed by atoms with Crippen LogP contribution in [-0.4, -0.2) is 25.3 Å². The number of hydrogen-bond acceptors (Lipinski definition) is 3. The number of carbonyl (C=O) groups is 1. The summed E-state index contributed by atoms with van der Waals surface area (Å²) < 4.78 is 10.5. The zero-order valence-corrected chi connectivity index (χ0v) is 7.99. The van der Waals surface area contributed by atoms with Crippen LogP contribution in [-0.2, 0) is 14.3 Å². The molecule has 0 spiro atoms. The van der Waals surface area contributed by atoms with E-state index in [2.05, 4.69) is 6.92 Å². The zero-order chi connectivity index (χ0) is 9.52.